The van der Waals surface area contributed by atoms with Crippen LogP contribution in [0.1, 0.15) is 5.69 Å². The fraction of sp³-hybridized carbons (Fsp3) is 0.333. The maximum Gasteiger partial charge on any atom is 1.00 e. The van der Waals surface area contributed by atoms with Crippen LogP contribution in [-0.4, -0.2) is 70.4 Å². The Morgan fingerprint density at radius 3 is 2.71 bits per heavy atom. The summed E-state index contributed by atoms with van der Waals surface area (Å²) in [7, 11) is 1.24. The second kappa shape index (κ2) is 10.3. The first-order valence-corrected chi connectivity index (χ1v) is 10.1. The number of fused-ring (bicyclic) bond motifs is 1. The quantitative estimate of drug-likeness (QED) is 0.147. The van der Waals surface area contributed by atoms with Crippen LogP contribution in [0.15, 0.2) is 21.8 Å². The number of carboxylic acids is 1. The molecule has 1 saturated heterocycles. The number of aromatic nitrogens is 1. The van der Waals surface area contributed by atoms with Crippen molar-refractivity contribution in [3.63, 3.8) is 0 Å². The van der Waals surface area contributed by atoms with Crippen LogP contribution < -0.4 is 51.4 Å². The molecular formula is C15H15N6NaO7S2. The molecule has 2 aliphatic rings. The first kappa shape index (κ1) is 24.9. The van der Waals surface area contributed by atoms with Crippen LogP contribution in [0.2, 0.25) is 0 Å². The number of aliphatic carboxylic acids is 1. The number of nitrogens with two attached hydrogens (primary N) is 2. The zero-order chi connectivity index (χ0) is 22.0. The third kappa shape index (κ3) is 5.12. The first-order chi connectivity index (χ1) is 14.2. The van der Waals surface area contributed by atoms with Gasteiger partial charge in [0.15, 0.2) is 10.8 Å². The number of primary amides is 1. The van der Waals surface area contributed by atoms with E-state index in [1.165, 1.54) is 24.3 Å². The molecule has 0 saturated carbocycles. The normalized spacial score (nSPS) is 20.2. The van der Waals surface area contributed by atoms with Gasteiger partial charge < -0.3 is 36.3 Å². The SMILES string of the molecule is CO/N=C(/C(=O)NC1C(=O)N2C(C(=O)[O-])=C(COC(N)=O)CSC12)c1csc(N)n1.[Na+]. The van der Waals surface area contributed by atoms with Crippen LogP contribution in [0.4, 0.5) is 9.93 Å². The molecule has 0 radical (unpaired) electrons. The van der Waals surface area contributed by atoms with Crippen molar-refractivity contribution in [1.29, 1.82) is 0 Å². The molecule has 0 aliphatic carbocycles. The van der Waals surface area contributed by atoms with E-state index in [4.69, 9.17) is 11.5 Å². The number of hydrogen-bond acceptors (Lipinski definition) is 12. The third-order valence-corrected chi connectivity index (χ3v) is 6.09. The number of nitrogens with zero attached hydrogens (tertiary/aromatic N) is 3. The molecule has 0 spiro atoms. The molecule has 1 aromatic heterocycles. The number of carbonyl (C=O) groups is 4. The number of thioether (sulfide) groups is 1. The van der Waals surface area contributed by atoms with E-state index >= 15 is 0 Å². The average Bonchev–Trinajstić information content (AvgIpc) is 3.13. The van der Waals surface area contributed by atoms with Gasteiger partial charge in [-0.05, 0) is 0 Å². The van der Waals surface area contributed by atoms with Crippen LogP contribution in [0.5, 0.6) is 0 Å². The molecule has 2 unspecified atom stereocenters. The van der Waals surface area contributed by atoms with Gasteiger partial charge in [0, 0.05) is 16.7 Å². The number of carbonyl (C=O) groups excluding carboxylic acids is 4. The molecule has 3 rings (SSSR count). The van der Waals surface area contributed by atoms with Crippen molar-refractivity contribution < 1.29 is 63.4 Å². The van der Waals surface area contributed by atoms with Gasteiger partial charge in [0.2, 0.25) is 0 Å². The van der Waals surface area contributed by atoms with Gasteiger partial charge >= 0.3 is 35.7 Å². The molecule has 2 atom stereocenters. The minimum absolute atomic E-state index is 0. The Bertz CT molecular complexity index is 981. The van der Waals surface area contributed by atoms with Gasteiger partial charge in [-0.3, -0.25) is 14.5 Å². The van der Waals surface area contributed by atoms with E-state index in [-0.39, 0.29) is 57.4 Å². The van der Waals surface area contributed by atoms with Gasteiger partial charge in [0.25, 0.3) is 11.8 Å². The largest absolute Gasteiger partial charge is 1.00 e. The summed E-state index contributed by atoms with van der Waals surface area (Å²) in [6.45, 7) is -0.394. The Morgan fingerprint density at radius 2 is 2.16 bits per heavy atom. The van der Waals surface area contributed by atoms with E-state index in [0.717, 1.165) is 16.2 Å². The number of ether oxygens (including phenoxy) is 1. The molecule has 13 nitrogen and oxygen atoms in total. The van der Waals surface area contributed by atoms with Crippen molar-refractivity contribution >= 4 is 57.8 Å². The Labute approximate surface area is 205 Å². The van der Waals surface area contributed by atoms with Crippen LogP contribution >= 0.6 is 23.1 Å². The molecule has 31 heavy (non-hydrogen) atoms. The molecule has 0 bridgehead atoms. The summed E-state index contributed by atoms with van der Waals surface area (Å²) in [4.78, 5) is 57.2. The van der Waals surface area contributed by atoms with Gasteiger partial charge in [0.1, 0.15) is 30.8 Å². The number of hydrogen-bond donors (Lipinski definition) is 3. The summed E-state index contributed by atoms with van der Waals surface area (Å²) in [6.07, 6.45) is -1.08. The molecule has 160 valence electrons. The smallest absolute Gasteiger partial charge is 0.543 e. The summed E-state index contributed by atoms with van der Waals surface area (Å²) in [5, 5.41) is 18.7. The fourth-order valence-corrected chi connectivity index (χ4v) is 4.72. The van der Waals surface area contributed by atoms with E-state index in [1.807, 2.05) is 0 Å². The Hall–Kier alpha value is -2.33. The van der Waals surface area contributed by atoms with Crippen molar-refractivity contribution in [2.24, 2.45) is 10.9 Å². The van der Waals surface area contributed by atoms with Crippen LogP contribution in [0.25, 0.3) is 0 Å². The molecule has 2 aliphatic heterocycles. The Morgan fingerprint density at radius 1 is 1.45 bits per heavy atom. The van der Waals surface area contributed by atoms with Gasteiger partial charge in [-0.1, -0.05) is 5.16 Å². The first-order valence-electron chi connectivity index (χ1n) is 8.18. The standard InChI is InChI=1S/C15H16N6O7S2.Na/c1-27-20-7(6-4-30-14(16)18-6)10(22)19-8-11(23)21-9(13(24)25)5(2-28-15(17)26)3-29-12(8)21;/h4,8,12H,2-3H2,1H3,(H2,16,18)(H2,17,26)(H,19,22)(H,24,25);/q;+1/p-1/b20-7+;. The molecule has 1 fully saturated rings. The number of carboxylic acid groups (broad SMARTS) is 1. The molecule has 16 heteroatoms. The van der Waals surface area contributed by atoms with Crippen molar-refractivity contribution in [3.05, 3.63) is 22.3 Å². The van der Waals surface area contributed by atoms with Gasteiger partial charge in [0.05, 0.1) is 11.7 Å². The Balaban J connectivity index is 0.00000341. The number of nitrogens with one attached hydrogen (secondary N) is 1. The summed E-state index contributed by atoms with van der Waals surface area (Å²) in [5.74, 6) is -2.91. The molecule has 5 N–H and O–H groups in total. The maximum atomic E-state index is 12.6. The predicted octanol–water partition coefficient (Wildman–Crippen LogP) is -5.42. The summed E-state index contributed by atoms with van der Waals surface area (Å²) in [6, 6.07) is -1.02. The number of rotatable bonds is 7. The Kier molecular flexibility index (Phi) is 8.30. The van der Waals surface area contributed by atoms with E-state index in [1.54, 1.807) is 0 Å². The summed E-state index contributed by atoms with van der Waals surface area (Å²) < 4.78 is 4.63. The topological polar surface area (TPSA) is 202 Å². The van der Waals surface area contributed by atoms with Crippen molar-refractivity contribution in [1.82, 2.24) is 15.2 Å². The number of oxime groups is 1. The van der Waals surface area contributed by atoms with Crippen molar-refractivity contribution in [2.45, 2.75) is 11.4 Å². The fourth-order valence-electron chi connectivity index (χ4n) is 2.84. The van der Waals surface area contributed by atoms with Crippen LogP contribution in [0, 0.1) is 0 Å². The van der Waals surface area contributed by atoms with E-state index in [9.17, 15) is 24.3 Å². The third-order valence-electron chi connectivity index (χ3n) is 4.08. The summed E-state index contributed by atoms with van der Waals surface area (Å²) >= 11 is 2.27. The van der Waals surface area contributed by atoms with Crippen molar-refractivity contribution in [2.75, 3.05) is 25.2 Å². The minimum Gasteiger partial charge on any atom is -0.543 e. The van der Waals surface area contributed by atoms with E-state index in [0.29, 0.717) is 0 Å². The number of thiazole rings is 1. The molecule has 3 amide bonds. The second-order valence-corrected chi connectivity index (χ2v) is 7.90. The predicted molar refractivity (Wildman–Crippen MR) is 103 cm³/mol. The summed E-state index contributed by atoms with van der Waals surface area (Å²) in [5.41, 5.74) is 10.2. The van der Waals surface area contributed by atoms with Gasteiger partial charge in [-0.25, -0.2) is 9.78 Å². The molecular weight excluding hydrogens is 463 g/mol. The maximum absolute atomic E-state index is 12.6. The average molecular weight is 478 g/mol. The number of anilines is 1. The minimum atomic E-state index is -1.61. The van der Waals surface area contributed by atoms with E-state index in [2.05, 4.69) is 25.0 Å². The van der Waals surface area contributed by atoms with Gasteiger partial charge in [-0.2, -0.15) is 0 Å². The van der Waals surface area contributed by atoms with Crippen LogP contribution in [0.3, 0.4) is 0 Å². The molecule has 3 heterocycles. The zero-order valence-electron chi connectivity index (χ0n) is 16.3. The number of nitrogen functional groups attached to an aromatic ring is 1. The van der Waals surface area contributed by atoms with Gasteiger partial charge in [-0.15, -0.1) is 23.1 Å². The molecule has 1 aromatic rings. The second-order valence-electron chi connectivity index (χ2n) is 5.90. The number of β-lactam (4-membered cyclic amide) rings is 1. The van der Waals surface area contributed by atoms with Crippen LogP contribution in [-0.2, 0) is 24.0 Å². The number of amides is 3. The van der Waals surface area contributed by atoms with E-state index < -0.39 is 47.6 Å². The van der Waals surface area contributed by atoms with Crippen molar-refractivity contribution in [3.8, 4) is 0 Å². The molecule has 0 aromatic carbocycles. The monoisotopic (exact) mass is 478 g/mol. The zero-order valence-corrected chi connectivity index (χ0v) is 19.9.